The third-order valence-electron chi connectivity index (χ3n) is 10.7. The molecule has 0 aromatic heterocycles. The number of nitrogens with one attached hydrogen (secondary N) is 2. The number of benzene rings is 3. The van der Waals surface area contributed by atoms with Gasteiger partial charge in [-0.1, -0.05) is 74.9 Å². The van der Waals surface area contributed by atoms with Gasteiger partial charge in [0.1, 0.15) is 17.7 Å². The van der Waals surface area contributed by atoms with Crippen molar-refractivity contribution in [1.29, 1.82) is 0 Å². The van der Waals surface area contributed by atoms with Crippen LogP contribution in [0.5, 0.6) is 5.75 Å². The maximum Gasteiger partial charge on any atom is 0.233 e. The molecule has 3 amide bonds. The Morgan fingerprint density at radius 2 is 1.33 bits per heavy atom. The Labute approximate surface area is 335 Å². The first-order valence-electron chi connectivity index (χ1n) is 20.2. The molecular weight excluding hydrogens is 733 g/mol. The van der Waals surface area contributed by atoms with Crippen molar-refractivity contribution in [2.45, 2.75) is 120 Å². The topological polar surface area (TPSA) is 189 Å². The van der Waals surface area contributed by atoms with Crippen LogP contribution in [0, 0.1) is 11.7 Å². The van der Waals surface area contributed by atoms with Crippen molar-refractivity contribution in [2.75, 3.05) is 25.2 Å². The Hall–Kier alpha value is -4.40. The van der Waals surface area contributed by atoms with Crippen LogP contribution in [0.4, 0.5) is 10.1 Å². The largest absolute Gasteiger partial charge is 0.497 e. The zero-order valence-electron chi connectivity index (χ0n) is 32.9. The number of hydrogen-bond acceptors (Lipinski definition) is 9. The van der Waals surface area contributed by atoms with Crippen LogP contribution < -0.4 is 20.3 Å². The number of aliphatic hydroxyl groups is 5. The molecule has 4 rings (SSSR count). The Balaban J connectivity index is 1.11. The second-order valence-electron chi connectivity index (χ2n) is 14.9. The van der Waals surface area contributed by atoms with Gasteiger partial charge in [-0.3, -0.25) is 14.4 Å². The van der Waals surface area contributed by atoms with Crippen molar-refractivity contribution in [3.05, 3.63) is 95.3 Å². The number of hydrogen-bond donors (Lipinski definition) is 7. The van der Waals surface area contributed by atoms with Crippen LogP contribution in [0.15, 0.2) is 72.8 Å². The van der Waals surface area contributed by atoms with Gasteiger partial charge < -0.3 is 45.8 Å². The lowest BCUT2D eigenvalue weighted by Gasteiger charge is -2.48. The summed E-state index contributed by atoms with van der Waals surface area (Å²) in [4.78, 5) is 39.9. The minimum Gasteiger partial charge on any atom is -0.497 e. The molecule has 12 nitrogen and oxygen atoms in total. The molecule has 0 spiro atoms. The molecule has 1 aliphatic heterocycles. The van der Waals surface area contributed by atoms with E-state index in [-0.39, 0.29) is 55.1 Å². The van der Waals surface area contributed by atoms with Gasteiger partial charge in [0, 0.05) is 38.2 Å². The first-order valence-corrected chi connectivity index (χ1v) is 20.2. The number of nitrogens with zero attached hydrogens (tertiary/aromatic N) is 1. The quantitative estimate of drug-likeness (QED) is 0.0426. The minimum absolute atomic E-state index is 0.0103. The highest BCUT2D eigenvalue weighted by Crippen LogP contribution is 2.46. The minimum atomic E-state index is -1.44. The first-order chi connectivity index (χ1) is 27.5. The maximum atomic E-state index is 13.6. The monoisotopic (exact) mass is 793 g/mol. The zero-order valence-corrected chi connectivity index (χ0v) is 32.9. The molecule has 6 atom stereocenters. The average molecular weight is 794 g/mol. The van der Waals surface area contributed by atoms with Crippen LogP contribution in [0.3, 0.4) is 0 Å². The molecule has 0 radical (unpaired) electrons. The molecule has 2 unspecified atom stereocenters. The Morgan fingerprint density at radius 3 is 1.91 bits per heavy atom. The van der Waals surface area contributed by atoms with Gasteiger partial charge >= 0.3 is 0 Å². The van der Waals surface area contributed by atoms with Crippen LogP contribution in [0.2, 0.25) is 0 Å². The molecule has 7 N–H and O–H groups in total. The van der Waals surface area contributed by atoms with Gasteiger partial charge in [0.25, 0.3) is 0 Å². The Kier molecular flexibility index (Phi) is 18.9. The van der Waals surface area contributed by atoms with Crippen molar-refractivity contribution in [1.82, 2.24) is 10.6 Å². The molecule has 3 aromatic rings. The summed E-state index contributed by atoms with van der Waals surface area (Å²) in [5, 5.41) is 54.4. The number of anilines is 1. The molecule has 1 saturated heterocycles. The third-order valence-corrected chi connectivity index (χ3v) is 10.7. The molecule has 3 aromatic carbocycles. The summed E-state index contributed by atoms with van der Waals surface area (Å²) < 4.78 is 18.7. The van der Waals surface area contributed by atoms with Gasteiger partial charge in [0.2, 0.25) is 17.7 Å². The Morgan fingerprint density at radius 1 is 0.754 bits per heavy atom. The maximum absolute atomic E-state index is 13.6. The van der Waals surface area contributed by atoms with E-state index in [0.29, 0.717) is 50.0 Å². The van der Waals surface area contributed by atoms with Gasteiger partial charge in [0.15, 0.2) is 0 Å². The first kappa shape index (κ1) is 45.3. The second kappa shape index (κ2) is 23.7. The lowest BCUT2D eigenvalue weighted by atomic mass is 9.78. The van der Waals surface area contributed by atoms with E-state index < -0.39 is 24.4 Å². The molecule has 1 aliphatic rings. The summed E-state index contributed by atoms with van der Waals surface area (Å²) in [6, 6.07) is 20.8. The predicted molar refractivity (Wildman–Crippen MR) is 214 cm³/mol. The van der Waals surface area contributed by atoms with Crippen molar-refractivity contribution in [3.63, 3.8) is 0 Å². The van der Waals surface area contributed by atoms with Crippen molar-refractivity contribution >= 4 is 23.4 Å². The summed E-state index contributed by atoms with van der Waals surface area (Å²) in [7, 11) is 1.60. The van der Waals surface area contributed by atoms with Crippen LogP contribution in [0.1, 0.15) is 112 Å². The molecule has 1 heterocycles. The van der Waals surface area contributed by atoms with E-state index in [1.165, 1.54) is 12.1 Å². The van der Waals surface area contributed by atoms with Gasteiger partial charge in [-0.05, 0) is 85.2 Å². The summed E-state index contributed by atoms with van der Waals surface area (Å²) >= 11 is 0. The van der Waals surface area contributed by atoms with E-state index >= 15 is 0 Å². The highest BCUT2D eigenvalue weighted by molar-refractivity contribution is 6.03. The third kappa shape index (κ3) is 14.2. The van der Waals surface area contributed by atoms with E-state index in [9.17, 15) is 39.2 Å². The molecule has 57 heavy (non-hydrogen) atoms. The number of ether oxygens (including phenoxy) is 1. The highest BCUT2D eigenvalue weighted by Gasteiger charge is 2.48. The van der Waals surface area contributed by atoms with Crippen LogP contribution in [0.25, 0.3) is 0 Å². The molecule has 13 heteroatoms. The standard InChI is InChI=1S/C44H60FN3O9/c1-57-35-22-16-32(17-23-35)42-36(24-25-37(50)31-14-18-33(45)19-15-31)44(56)48(42)34-20-12-30(13-21-34)28-46-40(53)10-8-6-4-2-3-5-7-9-11-41(54)47-29-39(52)43(55)38(51)26-27-49/h12-23,36-39,42-43,49-52,55H,2-11,24-29H2,1H3,(H,46,53)(H,47,54)/t36-,37?,38?,39+,42-,43+/m1/s1. The number of carbonyl (C=O) groups is 3. The van der Waals surface area contributed by atoms with Crippen LogP contribution >= 0.6 is 0 Å². The average Bonchev–Trinajstić information content (AvgIpc) is 3.22. The van der Waals surface area contributed by atoms with Crippen molar-refractivity contribution in [3.8, 4) is 5.75 Å². The number of aliphatic hydroxyl groups excluding tert-OH is 5. The number of carbonyl (C=O) groups excluding carboxylic acids is 3. The van der Waals surface area contributed by atoms with Crippen molar-refractivity contribution < 1.29 is 49.0 Å². The summed E-state index contributed by atoms with van der Waals surface area (Å²) in [5.41, 5.74) is 3.23. The van der Waals surface area contributed by atoms with Gasteiger partial charge in [-0.2, -0.15) is 0 Å². The summed E-state index contributed by atoms with van der Waals surface area (Å²) in [6.07, 6.45) is 4.21. The van der Waals surface area contributed by atoms with E-state index in [1.54, 1.807) is 24.1 Å². The van der Waals surface area contributed by atoms with Crippen molar-refractivity contribution in [2.24, 2.45) is 5.92 Å². The molecular formula is C44H60FN3O9. The summed E-state index contributed by atoms with van der Waals surface area (Å²) in [6.45, 7) is -0.0948. The smallest absolute Gasteiger partial charge is 0.233 e. The molecule has 0 saturated carbocycles. The SMILES string of the molecule is COc1ccc([C@@H]2[C@@H](CCC(O)c3ccc(F)cc3)C(=O)N2c2ccc(CNC(=O)CCCCCCCCCCC(=O)NC[C@H](O)[C@@H](O)C(O)CCO)cc2)cc1. The predicted octanol–water partition coefficient (Wildman–Crippen LogP) is 5.15. The zero-order chi connectivity index (χ0) is 41.2. The second-order valence-corrected chi connectivity index (χ2v) is 14.9. The Bertz CT molecular complexity index is 1660. The fourth-order valence-electron chi connectivity index (χ4n) is 7.17. The number of amides is 3. The molecule has 312 valence electrons. The number of methoxy groups -OCH3 is 1. The number of β-lactam (4-membered cyclic amide) rings is 1. The fraction of sp³-hybridized carbons (Fsp3) is 0.523. The van der Waals surface area contributed by atoms with Gasteiger partial charge in [-0.15, -0.1) is 0 Å². The van der Waals surface area contributed by atoms with Gasteiger partial charge in [-0.25, -0.2) is 4.39 Å². The van der Waals surface area contributed by atoms with E-state index in [0.717, 1.165) is 61.8 Å². The van der Waals surface area contributed by atoms with E-state index in [2.05, 4.69) is 10.6 Å². The molecule has 0 aliphatic carbocycles. The van der Waals surface area contributed by atoms with E-state index in [4.69, 9.17) is 9.84 Å². The normalized spacial score (nSPS) is 17.3. The fourth-order valence-corrected chi connectivity index (χ4v) is 7.17. The number of unbranched alkanes of at least 4 members (excludes halogenated alkanes) is 7. The number of rotatable bonds is 26. The lowest BCUT2D eigenvalue weighted by molar-refractivity contribution is -0.131. The van der Waals surface area contributed by atoms with E-state index in [1.807, 2.05) is 48.5 Å². The van der Waals surface area contributed by atoms with Gasteiger partial charge in [0.05, 0.1) is 37.4 Å². The summed E-state index contributed by atoms with van der Waals surface area (Å²) in [5.74, 6) is -0.262. The van der Waals surface area contributed by atoms with Crippen LogP contribution in [-0.4, -0.2) is 81.8 Å². The molecule has 1 fully saturated rings. The lowest BCUT2D eigenvalue weighted by Crippen LogP contribution is -2.55. The number of halogens is 1. The highest BCUT2D eigenvalue weighted by atomic mass is 19.1. The van der Waals surface area contributed by atoms with Crippen LogP contribution in [-0.2, 0) is 20.9 Å². The molecule has 0 bridgehead atoms.